The van der Waals surface area contributed by atoms with E-state index >= 15 is 0 Å². The van der Waals surface area contributed by atoms with Crippen LogP contribution in [0.15, 0.2) is 18.2 Å². The largest absolute Gasteiger partial charge is 0.490 e. The third-order valence-electron chi connectivity index (χ3n) is 2.45. The monoisotopic (exact) mass is 236 g/mol. The summed E-state index contributed by atoms with van der Waals surface area (Å²) in [5.41, 5.74) is 5.65. The molecule has 0 spiro atoms. The van der Waals surface area contributed by atoms with Gasteiger partial charge in [-0.1, -0.05) is 6.07 Å². The van der Waals surface area contributed by atoms with Crippen molar-refractivity contribution in [2.24, 2.45) is 5.73 Å². The van der Waals surface area contributed by atoms with Crippen LogP contribution in [0.2, 0.25) is 0 Å². The lowest BCUT2D eigenvalue weighted by Gasteiger charge is -2.22. The smallest absolute Gasteiger partial charge is 0.126 e. The Bertz CT molecular complexity index is 438. The van der Waals surface area contributed by atoms with Gasteiger partial charge in [-0.25, -0.2) is 4.39 Å². The summed E-state index contributed by atoms with van der Waals surface area (Å²) in [6, 6.07) is 6.39. The van der Waals surface area contributed by atoms with Crippen molar-refractivity contribution < 1.29 is 9.13 Å². The quantitative estimate of drug-likeness (QED) is 0.873. The third kappa shape index (κ3) is 4.04. The molecular weight excluding hydrogens is 219 g/mol. The number of nitrogens with two attached hydrogens (primary N) is 1. The minimum Gasteiger partial charge on any atom is -0.490 e. The molecular formula is C13H17FN2O. The summed E-state index contributed by atoms with van der Waals surface area (Å²) in [6.07, 6.45) is 0.143. The maximum atomic E-state index is 13.0. The van der Waals surface area contributed by atoms with Gasteiger partial charge in [0.05, 0.1) is 12.2 Å². The van der Waals surface area contributed by atoms with E-state index in [4.69, 9.17) is 15.7 Å². The molecule has 2 atom stereocenters. The normalized spacial score (nSPS) is 15.8. The Morgan fingerprint density at radius 2 is 2.24 bits per heavy atom. The number of benzene rings is 1. The van der Waals surface area contributed by atoms with Crippen molar-refractivity contribution in [1.29, 1.82) is 5.26 Å². The molecule has 17 heavy (non-hydrogen) atoms. The number of ether oxygens (including phenoxy) is 1. The van der Waals surface area contributed by atoms with Crippen molar-refractivity contribution in [3.8, 4) is 11.8 Å². The van der Waals surface area contributed by atoms with Crippen LogP contribution in [0.1, 0.15) is 25.8 Å². The van der Waals surface area contributed by atoms with E-state index in [1.807, 2.05) is 19.9 Å². The molecule has 0 fully saturated rings. The predicted molar refractivity (Wildman–Crippen MR) is 64.0 cm³/mol. The first-order valence-corrected chi connectivity index (χ1v) is 5.47. The lowest BCUT2D eigenvalue weighted by Crippen LogP contribution is -2.38. The minimum absolute atomic E-state index is 0.245. The topological polar surface area (TPSA) is 59.0 Å². The number of nitriles is 1. The van der Waals surface area contributed by atoms with E-state index < -0.39 is 5.54 Å². The van der Waals surface area contributed by atoms with Crippen molar-refractivity contribution >= 4 is 0 Å². The van der Waals surface area contributed by atoms with Crippen LogP contribution in [0.25, 0.3) is 0 Å². The molecule has 0 aliphatic heterocycles. The second-order valence-corrected chi connectivity index (χ2v) is 4.57. The molecule has 2 unspecified atom stereocenters. The molecule has 92 valence electrons. The highest BCUT2D eigenvalue weighted by Gasteiger charge is 2.22. The zero-order valence-electron chi connectivity index (χ0n) is 10.3. The number of nitrogens with zero attached hydrogens (tertiary/aromatic N) is 1. The van der Waals surface area contributed by atoms with Crippen molar-refractivity contribution in [1.82, 2.24) is 0 Å². The van der Waals surface area contributed by atoms with Gasteiger partial charge in [0.25, 0.3) is 0 Å². The first kappa shape index (κ1) is 13.5. The third-order valence-corrected chi connectivity index (χ3v) is 2.45. The number of hydrogen-bond acceptors (Lipinski definition) is 3. The van der Waals surface area contributed by atoms with Crippen molar-refractivity contribution in [3.05, 3.63) is 29.6 Å². The molecule has 4 heteroatoms. The predicted octanol–water partition coefficient (Wildman–Crippen LogP) is 2.53. The summed E-state index contributed by atoms with van der Waals surface area (Å²) in [5.74, 6) is 0.153. The summed E-state index contributed by atoms with van der Waals surface area (Å²) in [6.45, 7) is 5.30. The van der Waals surface area contributed by atoms with E-state index in [1.165, 1.54) is 12.1 Å². The maximum absolute atomic E-state index is 13.0. The molecule has 1 aromatic rings. The fourth-order valence-electron chi connectivity index (χ4n) is 1.60. The van der Waals surface area contributed by atoms with Gasteiger partial charge in [0.1, 0.15) is 17.1 Å². The average Bonchev–Trinajstić information content (AvgIpc) is 2.23. The van der Waals surface area contributed by atoms with Crippen molar-refractivity contribution in [2.45, 2.75) is 38.8 Å². The standard InChI is InChI=1S/C13H17FN2O/c1-9-4-5-11(14)6-12(9)17-10(2)7-13(3,16)8-15/h4-6,10H,7,16H2,1-3H3. The van der Waals surface area contributed by atoms with E-state index in [2.05, 4.69) is 0 Å². The van der Waals surface area contributed by atoms with Gasteiger partial charge in [-0.15, -0.1) is 0 Å². The number of hydrogen-bond donors (Lipinski definition) is 1. The highest BCUT2D eigenvalue weighted by Crippen LogP contribution is 2.22. The molecule has 0 saturated carbocycles. The SMILES string of the molecule is Cc1ccc(F)cc1OC(C)CC(C)(N)C#N. The minimum atomic E-state index is -0.930. The maximum Gasteiger partial charge on any atom is 0.126 e. The van der Waals surface area contributed by atoms with Crippen molar-refractivity contribution in [3.63, 3.8) is 0 Å². The van der Waals surface area contributed by atoms with Crippen LogP contribution in [0, 0.1) is 24.1 Å². The van der Waals surface area contributed by atoms with Gasteiger partial charge >= 0.3 is 0 Å². The lowest BCUT2D eigenvalue weighted by molar-refractivity contribution is 0.189. The average molecular weight is 236 g/mol. The first-order valence-electron chi connectivity index (χ1n) is 5.47. The van der Waals surface area contributed by atoms with E-state index in [9.17, 15) is 4.39 Å². The van der Waals surface area contributed by atoms with Gasteiger partial charge in [0.15, 0.2) is 0 Å². The van der Waals surface area contributed by atoms with E-state index in [0.29, 0.717) is 12.2 Å². The zero-order valence-corrected chi connectivity index (χ0v) is 10.3. The molecule has 0 aromatic heterocycles. The van der Waals surface area contributed by atoms with Crippen LogP contribution in [-0.2, 0) is 0 Å². The Morgan fingerprint density at radius 1 is 1.59 bits per heavy atom. The van der Waals surface area contributed by atoms with Crippen LogP contribution in [0.5, 0.6) is 5.75 Å². The molecule has 0 bridgehead atoms. The van der Waals surface area contributed by atoms with E-state index in [0.717, 1.165) is 5.56 Å². The number of halogens is 1. The summed E-state index contributed by atoms with van der Waals surface area (Å²) < 4.78 is 18.6. The van der Waals surface area contributed by atoms with Crippen LogP contribution in [0.4, 0.5) is 4.39 Å². The fraction of sp³-hybridized carbons (Fsp3) is 0.462. The van der Waals surface area contributed by atoms with E-state index in [1.54, 1.807) is 13.0 Å². The molecule has 0 aliphatic rings. The molecule has 0 aliphatic carbocycles. The summed E-state index contributed by atoms with van der Waals surface area (Å²) >= 11 is 0. The van der Waals surface area contributed by atoms with Crippen LogP contribution in [0.3, 0.4) is 0 Å². The molecule has 1 rings (SSSR count). The Balaban J connectivity index is 2.72. The first-order chi connectivity index (χ1) is 7.84. The van der Waals surface area contributed by atoms with Crippen LogP contribution in [-0.4, -0.2) is 11.6 Å². The van der Waals surface area contributed by atoms with E-state index in [-0.39, 0.29) is 11.9 Å². The summed E-state index contributed by atoms with van der Waals surface area (Å²) in [4.78, 5) is 0. The van der Waals surface area contributed by atoms with Crippen molar-refractivity contribution in [2.75, 3.05) is 0 Å². The van der Waals surface area contributed by atoms with Gasteiger partial charge in [-0.2, -0.15) is 5.26 Å². The summed E-state index contributed by atoms with van der Waals surface area (Å²) in [5, 5.41) is 8.82. The van der Waals surface area contributed by atoms with Gasteiger partial charge in [0.2, 0.25) is 0 Å². The highest BCUT2D eigenvalue weighted by molar-refractivity contribution is 5.32. The molecule has 1 aromatic carbocycles. The Kier molecular flexibility index (Phi) is 4.08. The molecule has 3 nitrogen and oxygen atoms in total. The van der Waals surface area contributed by atoms with Crippen LogP contribution < -0.4 is 10.5 Å². The molecule has 0 radical (unpaired) electrons. The molecule has 2 N–H and O–H groups in total. The second-order valence-electron chi connectivity index (χ2n) is 4.57. The highest BCUT2D eigenvalue weighted by atomic mass is 19.1. The molecule has 0 amide bonds. The number of rotatable bonds is 4. The van der Waals surface area contributed by atoms with Gasteiger partial charge in [-0.3, -0.25) is 0 Å². The lowest BCUT2D eigenvalue weighted by atomic mass is 9.98. The van der Waals surface area contributed by atoms with Gasteiger partial charge in [-0.05, 0) is 32.4 Å². The molecule has 0 heterocycles. The van der Waals surface area contributed by atoms with Gasteiger partial charge in [0, 0.05) is 12.5 Å². The number of aryl methyl sites for hydroxylation is 1. The van der Waals surface area contributed by atoms with Gasteiger partial charge < -0.3 is 10.5 Å². The fourth-order valence-corrected chi connectivity index (χ4v) is 1.60. The second kappa shape index (κ2) is 5.15. The molecule has 0 saturated heterocycles. The Hall–Kier alpha value is -1.60. The zero-order chi connectivity index (χ0) is 13.1. The van der Waals surface area contributed by atoms with Crippen LogP contribution >= 0.6 is 0 Å². The summed E-state index contributed by atoms with van der Waals surface area (Å²) in [7, 11) is 0. The Morgan fingerprint density at radius 3 is 2.82 bits per heavy atom. The Labute approximate surface area is 101 Å².